The zero-order valence-electron chi connectivity index (χ0n) is 9.91. The van der Waals surface area contributed by atoms with E-state index in [1.807, 2.05) is 26.8 Å². The van der Waals surface area contributed by atoms with Crippen LogP contribution in [0.1, 0.15) is 22.7 Å². The Kier molecular flexibility index (Phi) is 3.28. The molecule has 0 unspecified atom stereocenters. The molecule has 0 fully saturated rings. The highest BCUT2D eigenvalue weighted by atomic mass is 35.5. The number of anilines is 1. The first-order chi connectivity index (χ1) is 8.06. The molecule has 0 saturated carbocycles. The lowest BCUT2D eigenvalue weighted by atomic mass is 10.2. The van der Waals surface area contributed by atoms with Gasteiger partial charge in [0, 0.05) is 23.9 Å². The van der Waals surface area contributed by atoms with Crippen molar-refractivity contribution < 1.29 is 4.52 Å². The normalized spacial score (nSPS) is 10.6. The third-order valence-corrected chi connectivity index (χ3v) is 2.62. The van der Waals surface area contributed by atoms with Gasteiger partial charge in [-0.3, -0.25) is 0 Å². The molecule has 2 rings (SSSR count). The first-order valence-electron chi connectivity index (χ1n) is 5.23. The van der Waals surface area contributed by atoms with Gasteiger partial charge in [0.25, 0.3) is 0 Å². The maximum Gasteiger partial charge on any atom is 0.224 e. The number of aryl methyl sites for hydroxylation is 3. The molecule has 0 aliphatic rings. The van der Waals surface area contributed by atoms with E-state index in [-0.39, 0.29) is 5.28 Å². The first-order valence-corrected chi connectivity index (χ1v) is 5.61. The number of halogens is 1. The van der Waals surface area contributed by atoms with Crippen LogP contribution >= 0.6 is 11.6 Å². The second-order valence-corrected chi connectivity index (χ2v) is 4.16. The Balaban J connectivity index is 2.12. The Bertz CT molecular complexity index is 499. The first kappa shape index (κ1) is 11.9. The van der Waals surface area contributed by atoms with Gasteiger partial charge in [0.05, 0.1) is 5.69 Å². The summed E-state index contributed by atoms with van der Waals surface area (Å²) in [5, 5.41) is 7.31. The molecular weight excluding hydrogens is 240 g/mol. The van der Waals surface area contributed by atoms with Crippen molar-refractivity contribution in [1.82, 2.24) is 15.1 Å². The van der Waals surface area contributed by atoms with E-state index in [0.29, 0.717) is 12.4 Å². The van der Waals surface area contributed by atoms with Crippen LogP contribution in [0.25, 0.3) is 0 Å². The van der Waals surface area contributed by atoms with E-state index >= 15 is 0 Å². The maximum absolute atomic E-state index is 5.78. The summed E-state index contributed by atoms with van der Waals surface area (Å²) in [6.07, 6.45) is 0. The summed E-state index contributed by atoms with van der Waals surface area (Å²) in [4.78, 5) is 8.08. The van der Waals surface area contributed by atoms with E-state index in [1.54, 1.807) is 0 Å². The van der Waals surface area contributed by atoms with Crippen molar-refractivity contribution >= 4 is 17.4 Å². The van der Waals surface area contributed by atoms with Gasteiger partial charge in [0.15, 0.2) is 0 Å². The molecule has 1 N–H and O–H groups in total. The van der Waals surface area contributed by atoms with Gasteiger partial charge in [-0.05, 0) is 32.4 Å². The number of nitrogens with one attached hydrogen (secondary N) is 1. The van der Waals surface area contributed by atoms with Gasteiger partial charge >= 0.3 is 0 Å². The van der Waals surface area contributed by atoms with Gasteiger partial charge in [-0.25, -0.2) is 9.97 Å². The van der Waals surface area contributed by atoms with E-state index in [9.17, 15) is 0 Å². The quantitative estimate of drug-likeness (QED) is 0.851. The molecule has 0 radical (unpaired) electrons. The number of hydrogen-bond acceptors (Lipinski definition) is 5. The Labute approximate surface area is 104 Å². The highest BCUT2D eigenvalue weighted by molar-refractivity contribution is 6.28. The van der Waals surface area contributed by atoms with Crippen LogP contribution in [-0.4, -0.2) is 15.1 Å². The highest BCUT2D eigenvalue weighted by Gasteiger charge is 2.09. The summed E-state index contributed by atoms with van der Waals surface area (Å²) in [6, 6.07) is 1.84. The SMILES string of the molecule is Cc1cc(NCc2c(C)noc2C)nc(Cl)n1. The second kappa shape index (κ2) is 4.71. The van der Waals surface area contributed by atoms with Crippen molar-refractivity contribution in [3.8, 4) is 0 Å². The number of nitrogens with zero attached hydrogens (tertiary/aromatic N) is 3. The molecule has 2 heterocycles. The zero-order valence-corrected chi connectivity index (χ0v) is 10.7. The largest absolute Gasteiger partial charge is 0.366 e. The summed E-state index contributed by atoms with van der Waals surface area (Å²) >= 11 is 5.78. The third kappa shape index (κ3) is 2.74. The summed E-state index contributed by atoms with van der Waals surface area (Å²) in [5.41, 5.74) is 2.75. The van der Waals surface area contributed by atoms with Crippen molar-refractivity contribution in [1.29, 1.82) is 0 Å². The molecule has 17 heavy (non-hydrogen) atoms. The molecule has 0 saturated heterocycles. The smallest absolute Gasteiger partial charge is 0.224 e. The second-order valence-electron chi connectivity index (χ2n) is 3.82. The fourth-order valence-electron chi connectivity index (χ4n) is 1.56. The summed E-state index contributed by atoms with van der Waals surface area (Å²) in [7, 11) is 0. The minimum Gasteiger partial charge on any atom is -0.366 e. The average molecular weight is 253 g/mol. The van der Waals surface area contributed by atoms with Crippen LogP contribution in [0.5, 0.6) is 0 Å². The lowest BCUT2D eigenvalue weighted by molar-refractivity contribution is 0.392. The Morgan fingerprint density at radius 1 is 1.29 bits per heavy atom. The van der Waals surface area contributed by atoms with Crippen LogP contribution in [0.3, 0.4) is 0 Å². The van der Waals surface area contributed by atoms with Gasteiger partial charge in [-0.15, -0.1) is 0 Å². The van der Waals surface area contributed by atoms with Gasteiger partial charge < -0.3 is 9.84 Å². The molecule has 90 valence electrons. The number of hydrogen-bond donors (Lipinski definition) is 1. The van der Waals surface area contributed by atoms with Crippen LogP contribution in [0.15, 0.2) is 10.6 Å². The predicted octanol–water partition coefficient (Wildman–Crippen LogP) is 2.66. The predicted molar refractivity (Wildman–Crippen MR) is 65.1 cm³/mol. The van der Waals surface area contributed by atoms with Crippen molar-refractivity contribution in [3.05, 3.63) is 34.1 Å². The molecule has 6 heteroatoms. The number of rotatable bonds is 3. The van der Waals surface area contributed by atoms with E-state index in [1.165, 1.54) is 0 Å². The van der Waals surface area contributed by atoms with Gasteiger partial charge in [-0.2, -0.15) is 0 Å². The van der Waals surface area contributed by atoms with E-state index < -0.39 is 0 Å². The molecule has 2 aromatic rings. The molecule has 0 aliphatic heterocycles. The highest BCUT2D eigenvalue weighted by Crippen LogP contribution is 2.15. The van der Waals surface area contributed by atoms with Gasteiger partial charge in [-0.1, -0.05) is 5.16 Å². The fraction of sp³-hybridized carbons (Fsp3) is 0.364. The molecule has 0 amide bonds. The lowest BCUT2D eigenvalue weighted by Gasteiger charge is -2.05. The molecule has 5 nitrogen and oxygen atoms in total. The molecule has 0 aromatic carbocycles. The summed E-state index contributed by atoms with van der Waals surface area (Å²) < 4.78 is 5.08. The maximum atomic E-state index is 5.78. The number of aromatic nitrogens is 3. The molecule has 2 aromatic heterocycles. The summed E-state index contributed by atoms with van der Waals surface area (Å²) in [5.74, 6) is 1.51. The monoisotopic (exact) mass is 252 g/mol. The standard InChI is InChI=1S/C11H13ClN4O/c1-6-4-10(15-11(12)14-6)13-5-9-7(2)16-17-8(9)3/h4H,5H2,1-3H3,(H,13,14,15). The van der Waals surface area contributed by atoms with E-state index in [4.69, 9.17) is 16.1 Å². The molecule has 0 spiro atoms. The Morgan fingerprint density at radius 3 is 2.65 bits per heavy atom. The molecule has 0 bridgehead atoms. The minimum atomic E-state index is 0.242. The van der Waals surface area contributed by atoms with Crippen LogP contribution < -0.4 is 5.32 Å². The third-order valence-electron chi connectivity index (χ3n) is 2.45. The Morgan fingerprint density at radius 2 is 2.06 bits per heavy atom. The van der Waals surface area contributed by atoms with Crippen LogP contribution in [0.4, 0.5) is 5.82 Å². The van der Waals surface area contributed by atoms with E-state index in [0.717, 1.165) is 22.7 Å². The van der Waals surface area contributed by atoms with Crippen molar-refractivity contribution in [2.24, 2.45) is 0 Å². The summed E-state index contributed by atoms with van der Waals surface area (Å²) in [6.45, 7) is 6.27. The van der Waals surface area contributed by atoms with Crippen LogP contribution in [0.2, 0.25) is 5.28 Å². The van der Waals surface area contributed by atoms with E-state index in [2.05, 4.69) is 20.4 Å². The average Bonchev–Trinajstić information content (AvgIpc) is 2.55. The van der Waals surface area contributed by atoms with Crippen LogP contribution in [0, 0.1) is 20.8 Å². The Hall–Kier alpha value is -1.62. The fourth-order valence-corrected chi connectivity index (χ4v) is 1.78. The molecule has 0 aliphatic carbocycles. The molecular formula is C11H13ClN4O. The van der Waals surface area contributed by atoms with Gasteiger partial charge in [0.2, 0.25) is 5.28 Å². The molecule has 0 atom stereocenters. The zero-order chi connectivity index (χ0) is 12.4. The minimum absolute atomic E-state index is 0.242. The lowest BCUT2D eigenvalue weighted by Crippen LogP contribution is -2.04. The van der Waals surface area contributed by atoms with Gasteiger partial charge in [0.1, 0.15) is 11.6 Å². The topological polar surface area (TPSA) is 63.8 Å². The van der Waals surface area contributed by atoms with Crippen molar-refractivity contribution in [2.45, 2.75) is 27.3 Å². The van der Waals surface area contributed by atoms with Crippen molar-refractivity contribution in [3.63, 3.8) is 0 Å². The van der Waals surface area contributed by atoms with Crippen molar-refractivity contribution in [2.75, 3.05) is 5.32 Å². The van der Waals surface area contributed by atoms with Crippen LogP contribution in [-0.2, 0) is 6.54 Å².